The van der Waals surface area contributed by atoms with Gasteiger partial charge in [-0.05, 0) is 0 Å². The van der Waals surface area contributed by atoms with E-state index in [1.54, 1.807) is 0 Å². The first-order valence-corrected chi connectivity index (χ1v) is 5.77. The van der Waals surface area contributed by atoms with E-state index in [1.165, 1.54) is 4.40 Å². The maximum absolute atomic E-state index is 5.93. The van der Waals surface area contributed by atoms with Gasteiger partial charge in [-0.2, -0.15) is 0 Å². The van der Waals surface area contributed by atoms with Crippen molar-refractivity contribution < 1.29 is 0 Å². The van der Waals surface area contributed by atoms with Crippen LogP contribution in [0.15, 0.2) is 0 Å². The van der Waals surface area contributed by atoms with Gasteiger partial charge in [-0.15, -0.1) is 0 Å². The number of aromatic nitrogens is 2. The monoisotopic (exact) mass is 322 g/mol. The summed E-state index contributed by atoms with van der Waals surface area (Å²) in [5.41, 5.74) is 0.270. The standard InChI is InChI=1S/C7Cl6N2/c8-1-2(9)5(12)15-6(13)4(11)14-7(15)3(1)10. The highest BCUT2D eigenvalue weighted by atomic mass is 35.5. The SMILES string of the molecule is Clc1nc2c(Cl)c(Cl)c(Cl)c(Cl)n2c1Cl. The van der Waals surface area contributed by atoms with Gasteiger partial charge in [-0.25, -0.2) is 4.98 Å². The van der Waals surface area contributed by atoms with Gasteiger partial charge in [0.2, 0.25) is 0 Å². The third kappa shape index (κ3) is 1.68. The van der Waals surface area contributed by atoms with Gasteiger partial charge in [-0.3, -0.25) is 4.40 Å². The molecule has 0 aromatic carbocycles. The predicted octanol–water partition coefficient (Wildman–Crippen LogP) is 5.25. The van der Waals surface area contributed by atoms with E-state index < -0.39 is 0 Å². The van der Waals surface area contributed by atoms with Crippen molar-refractivity contribution in [3.8, 4) is 0 Å². The highest BCUT2D eigenvalue weighted by Gasteiger charge is 2.20. The number of hydrogen-bond acceptors (Lipinski definition) is 1. The summed E-state index contributed by atoms with van der Waals surface area (Å²) in [5, 5.41) is 0.710. The second-order valence-corrected chi connectivity index (χ2v) is 4.79. The summed E-state index contributed by atoms with van der Waals surface area (Å²) in [4.78, 5) is 3.91. The van der Waals surface area contributed by atoms with Crippen molar-refractivity contribution in [3.63, 3.8) is 0 Å². The highest BCUT2D eigenvalue weighted by Crippen LogP contribution is 2.40. The van der Waals surface area contributed by atoms with Crippen LogP contribution in [-0.4, -0.2) is 9.38 Å². The summed E-state index contributed by atoms with van der Waals surface area (Å²) in [6.45, 7) is 0. The Bertz CT molecular complexity index is 561. The Labute approximate surface area is 115 Å². The van der Waals surface area contributed by atoms with E-state index in [9.17, 15) is 0 Å². The van der Waals surface area contributed by atoms with E-state index in [0.29, 0.717) is 0 Å². The van der Waals surface area contributed by atoms with E-state index in [2.05, 4.69) is 4.98 Å². The summed E-state index contributed by atoms with van der Waals surface area (Å²) in [6.07, 6.45) is 0. The first-order chi connectivity index (χ1) is 6.95. The van der Waals surface area contributed by atoms with Crippen molar-refractivity contribution in [2.24, 2.45) is 0 Å². The zero-order valence-corrected chi connectivity index (χ0v) is 11.2. The summed E-state index contributed by atoms with van der Waals surface area (Å²) >= 11 is 35.1. The third-order valence-corrected chi connectivity index (χ3v) is 4.20. The molecule has 15 heavy (non-hydrogen) atoms. The molecule has 80 valence electrons. The predicted molar refractivity (Wildman–Crippen MR) is 65.3 cm³/mol. The minimum absolute atomic E-state index is 0.0822. The minimum atomic E-state index is 0.0822. The second-order valence-electron chi connectivity index (χ2n) is 2.59. The molecule has 0 atom stereocenters. The highest BCUT2D eigenvalue weighted by molar-refractivity contribution is 6.53. The van der Waals surface area contributed by atoms with Crippen LogP contribution >= 0.6 is 69.6 Å². The molecule has 0 spiro atoms. The Morgan fingerprint density at radius 1 is 0.733 bits per heavy atom. The molecule has 8 heteroatoms. The lowest BCUT2D eigenvalue weighted by Crippen LogP contribution is -1.90. The molecule has 2 rings (SSSR count). The molecule has 0 radical (unpaired) electrons. The Morgan fingerprint density at radius 2 is 1.33 bits per heavy atom. The van der Waals surface area contributed by atoms with Crippen molar-refractivity contribution in [3.05, 3.63) is 30.5 Å². The van der Waals surface area contributed by atoms with Crippen LogP contribution < -0.4 is 0 Å². The number of imidazole rings is 1. The zero-order valence-electron chi connectivity index (χ0n) is 6.66. The van der Waals surface area contributed by atoms with Crippen LogP contribution in [0.5, 0.6) is 0 Å². The van der Waals surface area contributed by atoms with E-state index in [1.807, 2.05) is 0 Å². The van der Waals surface area contributed by atoms with Crippen LogP contribution in [0.3, 0.4) is 0 Å². The average molecular weight is 325 g/mol. The van der Waals surface area contributed by atoms with Crippen molar-refractivity contribution in [2.75, 3.05) is 0 Å². The lowest BCUT2D eigenvalue weighted by Gasteiger charge is -2.05. The fraction of sp³-hybridized carbons (Fsp3) is 0. The molecule has 2 heterocycles. The molecule has 0 amide bonds. The van der Waals surface area contributed by atoms with Gasteiger partial charge in [0.15, 0.2) is 16.0 Å². The lowest BCUT2D eigenvalue weighted by atomic mass is 10.4. The number of halogens is 6. The van der Waals surface area contributed by atoms with Crippen molar-refractivity contribution in [1.82, 2.24) is 9.38 Å². The zero-order chi connectivity index (χ0) is 11.3. The number of rotatable bonds is 0. The summed E-state index contributed by atoms with van der Waals surface area (Å²) < 4.78 is 1.32. The smallest absolute Gasteiger partial charge is 0.167 e. The average Bonchev–Trinajstić information content (AvgIpc) is 2.50. The summed E-state index contributed by atoms with van der Waals surface area (Å²) in [5.74, 6) is 0. The molecule has 0 saturated carbocycles. The molecule has 2 aromatic heterocycles. The van der Waals surface area contributed by atoms with Gasteiger partial charge >= 0.3 is 0 Å². The van der Waals surface area contributed by atoms with E-state index >= 15 is 0 Å². The Hall–Kier alpha value is 0.430. The summed E-state index contributed by atoms with van der Waals surface area (Å²) in [6, 6.07) is 0. The molecule has 0 fully saturated rings. The number of hydrogen-bond donors (Lipinski definition) is 0. The first-order valence-electron chi connectivity index (χ1n) is 3.50. The Kier molecular flexibility index (Phi) is 3.19. The van der Waals surface area contributed by atoms with Crippen molar-refractivity contribution >= 4 is 75.3 Å². The first kappa shape index (κ1) is 11.9. The quantitative estimate of drug-likeness (QED) is 0.605. The van der Waals surface area contributed by atoms with Crippen LogP contribution in [0.1, 0.15) is 0 Å². The molecule has 2 nitrogen and oxygen atoms in total. The normalized spacial score (nSPS) is 11.3. The maximum Gasteiger partial charge on any atom is 0.167 e. The largest absolute Gasteiger partial charge is 0.269 e. The van der Waals surface area contributed by atoms with Crippen LogP contribution in [0, 0.1) is 0 Å². The van der Waals surface area contributed by atoms with Gasteiger partial charge in [0.25, 0.3) is 0 Å². The number of nitrogens with zero attached hydrogens (tertiary/aromatic N) is 2. The molecule has 0 N–H and O–H groups in total. The van der Waals surface area contributed by atoms with Crippen LogP contribution in [0.25, 0.3) is 5.65 Å². The molecule has 0 aliphatic rings. The molecule has 0 aliphatic heterocycles. The summed E-state index contributed by atoms with van der Waals surface area (Å²) in [7, 11) is 0. The van der Waals surface area contributed by atoms with Gasteiger partial charge in [0.1, 0.15) is 10.2 Å². The molecule has 0 bridgehead atoms. The van der Waals surface area contributed by atoms with Gasteiger partial charge in [0.05, 0.1) is 10.0 Å². The van der Waals surface area contributed by atoms with Gasteiger partial charge < -0.3 is 0 Å². The van der Waals surface area contributed by atoms with Gasteiger partial charge in [0, 0.05) is 0 Å². The molecule has 0 unspecified atom stereocenters. The lowest BCUT2D eigenvalue weighted by molar-refractivity contribution is 1.19. The molecule has 0 saturated heterocycles. The van der Waals surface area contributed by atoms with E-state index in [0.717, 1.165) is 0 Å². The van der Waals surface area contributed by atoms with E-state index in [-0.39, 0.29) is 36.2 Å². The number of pyridine rings is 1. The van der Waals surface area contributed by atoms with Crippen LogP contribution in [-0.2, 0) is 0 Å². The van der Waals surface area contributed by atoms with Crippen LogP contribution in [0.2, 0.25) is 30.5 Å². The third-order valence-electron chi connectivity index (χ3n) is 1.74. The molecule has 0 aliphatic carbocycles. The fourth-order valence-corrected chi connectivity index (χ4v) is 2.43. The molecular formula is C7Cl6N2. The molecular weight excluding hydrogens is 325 g/mol. The van der Waals surface area contributed by atoms with E-state index in [4.69, 9.17) is 69.6 Å². The topological polar surface area (TPSA) is 17.3 Å². The van der Waals surface area contributed by atoms with Crippen molar-refractivity contribution in [2.45, 2.75) is 0 Å². The fourth-order valence-electron chi connectivity index (χ4n) is 1.08. The minimum Gasteiger partial charge on any atom is -0.269 e. The maximum atomic E-state index is 5.93. The van der Waals surface area contributed by atoms with Gasteiger partial charge in [-0.1, -0.05) is 69.6 Å². The molecule has 2 aromatic rings. The van der Waals surface area contributed by atoms with Crippen LogP contribution in [0.4, 0.5) is 0 Å². The number of fused-ring (bicyclic) bond motifs is 1. The Balaban J connectivity index is 3.07. The Morgan fingerprint density at radius 3 is 1.93 bits per heavy atom. The second kappa shape index (κ2) is 4.02. The van der Waals surface area contributed by atoms with Crippen molar-refractivity contribution in [1.29, 1.82) is 0 Å².